The largest absolute Gasteiger partial charge is 0.368 e. The fourth-order valence-corrected chi connectivity index (χ4v) is 7.37. The summed E-state index contributed by atoms with van der Waals surface area (Å²) < 4.78 is 42.1. The Morgan fingerprint density at radius 2 is 1.76 bits per heavy atom. The number of nitrogens with one attached hydrogen (secondary N) is 2. The third-order valence-corrected chi connectivity index (χ3v) is 10.0. The Morgan fingerprint density at radius 3 is 2.36 bits per heavy atom. The highest BCUT2D eigenvalue weighted by molar-refractivity contribution is 7.89. The first-order valence-electron chi connectivity index (χ1n) is 12.0. The van der Waals surface area contributed by atoms with E-state index in [0.29, 0.717) is 57.4 Å². The average Bonchev–Trinajstić information content (AvgIpc) is 2.70. The van der Waals surface area contributed by atoms with Gasteiger partial charge in [0.25, 0.3) is 0 Å². The molecular weight excluding hydrogens is 473 g/mol. The molecule has 0 aliphatic heterocycles. The lowest BCUT2D eigenvalue weighted by Gasteiger charge is -2.69. The van der Waals surface area contributed by atoms with Crippen molar-refractivity contribution in [3.63, 3.8) is 0 Å². The zero-order valence-electron chi connectivity index (χ0n) is 18.9. The van der Waals surface area contributed by atoms with E-state index in [0.717, 1.165) is 19.3 Å². The predicted octanol–water partition coefficient (Wildman–Crippen LogP) is 1.89. The molecule has 4 N–H and O–H groups in total. The predicted molar refractivity (Wildman–Crippen MR) is 122 cm³/mol. The number of ether oxygens (including phenoxy) is 1. The highest BCUT2D eigenvalue weighted by atomic mass is 35.5. The number of carbonyl (C=O) groups is 2. The van der Waals surface area contributed by atoms with E-state index >= 15 is 0 Å². The second-order valence-corrected chi connectivity index (χ2v) is 13.1. The number of nitrogens with two attached hydrogens (primary N) is 1. The van der Waals surface area contributed by atoms with Crippen molar-refractivity contribution in [3.8, 4) is 0 Å². The third kappa shape index (κ3) is 5.65. The molecule has 0 spiro atoms. The van der Waals surface area contributed by atoms with Crippen LogP contribution >= 0.6 is 11.6 Å². The van der Waals surface area contributed by atoms with Crippen LogP contribution in [0.5, 0.6) is 0 Å². The first kappa shape index (κ1) is 25.1. The van der Waals surface area contributed by atoms with Gasteiger partial charge in [-0.05, 0) is 70.1 Å². The summed E-state index contributed by atoms with van der Waals surface area (Å²) in [5.74, 6) is 0.233. The topological polar surface area (TPSA) is 128 Å². The van der Waals surface area contributed by atoms with Crippen LogP contribution in [0.2, 0.25) is 0 Å². The minimum absolute atomic E-state index is 0.0416. The number of carbonyl (C=O) groups excluding carboxylic acids is 2. The van der Waals surface area contributed by atoms with Crippen molar-refractivity contribution < 1.29 is 27.1 Å². The van der Waals surface area contributed by atoms with E-state index in [4.69, 9.17) is 21.5 Å². The highest BCUT2D eigenvalue weighted by Crippen LogP contribution is 2.67. The summed E-state index contributed by atoms with van der Waals surface area (Å²) in [5.41, 5.74) is -0.681. The van der Waals surface area contributed by atoms with E-state index < -0.39 is 26.8 Å². The molecule has 0 aromatic rings. The van der Waals surface area contributed by atoms with Gasteiger partial charge in [0.15, 0.2) is 0 Å². The quantitative estimate of drug-likeness (QED) is 0.411. The molecule has 8 nitrogen and oxygen atoms in total. The molecule has 188 valence electrons. The van der Waals surface area contributed by atoms with Crippen LogP contribution in [0, 0.1) is 11.3 Å². The van der Waals surface area contributed by atoms with Gasteiger partial charge in [-0.3, -0.25) is 9.59 Å². The Kier molecular flexibility index (Phi) is 7.30. The average molecular weight is 508 g/mol. The lowest BCUT2D eigenvalue weighted by molar-refractivity contribution is -0.184. The fraction of sp³-hybridized carbons (Fsp3) is 0.909. The van der Waals surface area contributed by atoms with Crippen LogP contribution < -0.4 is 15.8 Å². The number of primary sulfonamides is 1. The summed E-state index contributed by atoms with van der Waals surface area (Å²) in [5, 5.41) is 10.4. The van der Waals surface area contributed by atoms with Gasteiger partial charge < -0.3 is 15.4 Å². The number of halogens is 2. The van der Waals surface area contributed by atoms with Gasteiger partial charge in [-0.2, -0.15) is 0 Å². The lowest BCUT2D eigenvalue weighted by atomic mass is 9.39. The van der Waals surface area contributed by atoms with Gasteiger partial charge in [0, 0.05) is 18.5 Å². The molecule has 3 atom stereocenters. The summed E-state index contributed by atoms with van der Waals surface area (Å²) in [4.78, 5) is 24.9. The van der Waals surface area contributed by atoms with Gasteiger partial charge in [0.1, 0.15) is 12.8 Å². The molecule has 2 amide bonds. The van der Waals surface area contributed by atoms with E-state index in [1.54, 1.807) is 0 Å². The van der Waals surface area contributed by atoms with Crippen molar-refractivity contribution in [2.24, 2.45) is 16.5 Å². The first-order valence-corrected chi connectivity index (χ1v) is 14.1. The van der Waals surface area contributed by atoms with E-state index in [-0.39, 0.29) is 41.9 Å². The van der Waals surface area contributed by atoms with Crippen LogP contribution in [0.4, 0.5) is 4.39 Å². The molecule has 33 heavy (non-hydrogen) atoms. The lowest BCUT2D eigenvalue weighted by Crippen LogP contribution is -2.78. The number of hydrogen-bond acceptors (Lipinski definition) is 5. The highest BCUT2D eigenvalue weighted by Gasteiger charge is 2.72. The molecule has 0 aromatic carbocycles. The number of rotatable bonds is 9. The zero-order valence-corrected chi connectivity index (χ0v) is 20.4. The zero-order chi connectivity index (χ0) is 23.9. The molecule has 0 heterocycles. The first-order chi connectivity index (χ1) is 15.5. The number of sulfonamides is 1. The van der Waals surface area contributed by atoms with Crippen molar-refractivity contribution in [3.05, 3.63) is 0 Å². The van der Waals surface area contributed by atoms with Crippen LogP contribution in [0.15, 0.2) is 0 Å². The van der Waals surface area contributed by atoms with Crippen LogP contribution in [-0.2, 0) is 24.3 Å². The van der Waals surface area contributed by atoms with E-state index in [9.17, 15) is 22.4 Å². The second-order valence-electron chi connectivity index (χ2n) is 10.7. The normalized spacial score (nSPS) is 40.3. The molecule has 5 aliphatic rings. The Balaban J connectivity index is 1.09. The van der Waals surface area contributed by atoms with E-state index in [1.807, 2.05) is 0 Å². The van der Waals surface area contributed by atoms with Gasteiger partial charge >= 0.3 is 0 Å². The minimum Gasteiger partial charge on any atom is -0.368 e. The Hall–Kier alpha value is -0.970. The molecule has 5 fully saturated rings. The summed E-state index contributed by atoms with van der Waals surface area (Å²) in [6, 6.07) is 0. The maximum atomic E-state index is 13.7. The second kappa shape index (κ2) is 9.59. The van der Waals surface area contributed by atoms with Crippen LogP contribution in [0.3, 0.4) is 0 Å². The molecule has 5 saturated carbocycles. The van der Waals surface area contributed by atoms with Crippen LogP contribution in [0.25, 0.3) is 0 Å². The molecular formula is C22H35ClFN3O5S. The van der Waals surface area contributed by atoms with Crippen molar-refractivity contribution in [1.82, 2.24) is 10.6 Å². The van der Waals surface area contributed by atoms with Crippen LogP contribution in [-0.4, -0.2) is 61.8 Å². The van der Waals surface area contributed by atoms with Crippen molar-refractivity contribution in [1.29, 1.82) is 0 Å². The molecule has 2 bridgehead atoms. The monoisotopic (exact) mass is 507 g/mol. The maximum Gasteiger partial charge on any atom is 0.246 e. The van der Waals surface area contributed by atoms with Crippen LogP contribution in [0.1, 0.15) is 70.6 Å². The van der Waals surface area contributed by atoms with Gasteiger partial charge in [-0.25, -0.2) is 17.9 Å². The molecule has 11 heteroatoms. The molecule has 0 radical (unpaired) electrons. The van der Waals surface area contributed by atoms with Gasteiger partial charge in [-0.1, -0.05) is 0 Å². The standard InChI is InChI=1S/C22H35ClFN3O5S/c23-17-6-3-15(9-18(17)24)32-10-19(28)27-22-11-21(12-22,13-22)20(29)26-8-7-14-1-4-16(5-2-14)33(25,30)31/h14-18H,1-13H2,(H,26,29)(H,27,28)(H2,25,30,31). The van der Waals surface area contributed by atoms with Gasteiger partial charge in [0.05, 0.1) is 22.1 Å². The van der Waals surface area contributed by atoms with Crippen molar-refractivity contribution in [2.75, 3.05) is 13.2 Å². The summed E-state index contributed by atoms with van der Waals surface area (Å²) in [6.45, 7) is 0.484. The maximum absolute atomic E-state index is 13.7. The van der Waals surface area contributed by atoms with Crippen molar-refractivity contribution in [2.45, 2.75) is 99.1 Å². The van der Waals surface area contributed by atoms with Gasteiger partial charge in [0.2, 0.25) is 21.8 Å². The fourth-order valence-electron chi connectivity index (χ4n) is 6.21. The molecule has 0 saturated heterocycles. The SMILES string of the molecule is NS(=O)(=O)C1CCC(CCNC(=O)C23CC(NC(=O)COC4CCC(Cl)C(F)C4)(C2)C3)CC1. The Labute approximate surface area is 199 Å². The van der Waals surface area contributed by atoms with E-state index in [1.165, 1.54) is 0 Å². The number of alkyl halides is 2. The molecule has 5 rings (SSSR count). The third-order valence-electron chi connectivity index (χ3n) is 8.11. The van der Waals surface area contributed by atoms with Crippen molar-refractivity contribution >= 4 is 33.4 Å². The van der Waals surface area contributed by atoms with Gasteiger partial charge in [-0.15, -0.1) is 11.6 Å². The summed E-state index contributed by atoms with van der Waals surface area (Å²) in [7, 11) is -3.45. The molecule has 5 aliphatic carbocycles. The summed E-state index contributed by atoms with van der Waals surface area (Å²) >= 11 is 5.88. The number of amides is 2. The smallest absolute Gasteiger partial charge is 0.246 e. The Bertz CT molecular complexity index is 844. The summed E-state index contributed by atoms with van der Waals surface area (Å²) in [6.07, 6.45) is 5.64. The van der Waals surface area contributed by atoms with E-state index in [2.05, 4.69) is 10.6 Å². The Morgan fingerprint density at radius 1 is 1.09 bits per heavy atom. The molecule has 3 unspecified atom stereocenters. The minimum atomic E-state index is -3.45. The molecule has 0 aromatic heterocycles. The number of hydrogen-bond donors (Lipinski definition) is 3.